The fourth-order valence-corrected chi connectivity index (χ4v) is 5.04. The number of fused-ring (bicyclic) bond motifs is 1. The number of carboxylic acid groups (broad SMARTS) is 1. The van der Waals surface area contributed by atoms with Gasteiger partial charge in [-0.15, -0.1) is 0 Å². The highest BCUT2D eigenvalue weighted by molar-refractivity contribution is 6.35. The van der Waals surface area contributed by atoms with Crippen LogP contribution in [0, 0.1) is 0 Å². The van der Waals surface area contributed by atoms with Crippen LogP contribution in [0.3, 0.4) is 0 Å². The van der Waals surface area contributed by atoms with E-state index in [1.165, 1.54) is 0 Å². The van der Waals surface area contributed by atoms with Crippen molar-refractivity contribution < 1.29 is 24.5 Å². The van der Waals surface area contributed by atoms with Crippen molar-refractivity contribution in [1.29, 1.82) is 0 Å². The molecule has 1 aliphatic heterocycles. The molecule has 0 bridgehead atoms. The van der Waals surface area contributed by atoms with Crippen molar-refractivity contribution in [3.8, 4) is 0 Å². The first-order chi connectivity index (χ1) is 17.3. The first-order valence-corrected chi connectivity index (χ1v) is 12.5. The number of aliphatic hydroxyl groups is 1. The number of carbonyl (C=O) groups excluding carboxylic acids is 1. The molecule has 8 nitrogen and oxygen atoms in total. The lowest BCUT2D eigenvalue weighted by molar-refractivity contribution is -0.138. The number of carboxylic acids is 1. The van der Waals surface area contributed by atoms with Gasteiger partial charge in [-0.25, -0.2) is 0 Å². The van der Waals surface area contributed by atoms with E-state index in [-0.39, 0.29) is 12.5 Å². The maximum Gasteiger partial charge on any atom is 0.310 e. The second-order valence-electron chi connectivity index (χ2n) is 9.16. The van der Waals surface area contributed by atoms with E-state index in [1.807, 2.05) is 24.6 Å². The highest BCUT2D eigenvalue weighted by Crippen LogP contribution is 2.29. The molecule has 2 heterocycles. The fraction of sp³-hybridized carbons (Fsp3) is 0.407. The van der Waals surface area contributed by atoms with Gasteiger partial charge in [0.1, 0.15) is 5.69 Å². The number of aromatic nitrogens is 1. The molecule has 3 aromatic rings. The molecule has 9 heteroatoms. The maximum absolute atomic E-state index is 13.2. The molecule has 1 fully saturated rings. The van der Waals surface area contributed by atoms with Gasteiger partial charge >= 0.3 is 5.97 Å². The van der Waals surface area contributed by atoms with Gasteiger partial charge in [-0.05, 0) is 41.3 Å². The van der Waals surface area contributed by atoms with Crippen molar-refractivity contribution >= 4 is 34.4 Å². The summed E-state index contributed by atoms with van der Waals surface area (Å²) in [6.07, 6.45) is 0.479. The normalized spacial score (nSPS) is 16.1. The zero-order chi connectivity index (χ0) is 25.8. The van der Waals surface area contributed by atoms with Gasteiger partial charge in [0, 0.05) is 32.1 Å². The van der Waals surface area contributed by atoms with Crippen molar-refractivity contribution in [1.82, 2.24) is 14.8 Å². The molecule has 2 aromatic carbocycles. The van der Waals surface area contributed by atoms with E-state index in [4.69, 9.17) is 16.3 Å². The number of aryl methyl sites for hydroxylation is 1. The average Bonchev–Trinajstić information content (AvgIpc) is 3.21. The van der Waals surface area contributed by atoms with Crippen LogP contribution < -0.4 is 5.32 Å². The van der Waals surface area contributed by atoms with Crippen molar-refractivity contribution in [3.05, 3.63) is 69.9 Å². The quantitative estimate of drug-likeness (QED) is 0.403. The first kappa shape index (κ1) is 26.2. The standard InChI is InChI=1S/C27H32ClN3O5/c1-3-20(27(34)35)18-4-6-19(7-5-18)23(16-32)29-26(33)25-14-21-22(28)12-17(13-24(21)30(25)2)15-31-8-10-36-11-9-31/h4-7,12-14,20,23,32H,3,8-11,15-16H2,1-2H3,(H,29,33)(H,34,35)/t20?,23-/m1/s1. The third-order valence-electron chi connectivity index (χ3n) is 6.85. The summed E-state index contributed by atoms with van der Waals surface area (Å²) in [5.41, 5.74) is 3.75. The zero-order valence-corrected chi connectivity index (χ0v) is 21.3. The Bertz CT molecular complexity index is 1230. The molecule has 192 valence electrons. The number of morpholine rings is 1. The SMILES string of the molecule is CCC(C(=O)O)c1ccc([C@@H](CO)NC(=O)c2cc3c(Cl)cc(CN4CCOCC4)cc3n2C)cc1. The molecule has 0 saturated carbocycles. The minimum atomic E-state index is -0.875. The van der Waals surface area contributed by atoms with Crippen LogP contribution in [0.5, 0.6) is 0 Å². The summed E-state index contributed by atoms with van der Waals surface area (Å²) in [5.74, 6) is -1.80. The molecule has 0 radical (unpaired) electrons. The van der Waals surface area contributed by atoms with E-state index >= 15 is 0 Å². The van der Waals surface area contributed by atoms with Crippen molar-refractivity contribution in [3.63, 3.8) is 0 Å². The van der Waals surface area contributed by atoms with Gasteiger partial charge < -0.3 is 24.8 Å². The number of aliphatic hydroxyl groups excluding tert-OH is 1. The molecule has 0 aliphatic carbocycles. The molecule has 1 unspecified atom stereocenters. The molecule has 4 rings (SSSR count). The van der Waals surface area contributed by atoms with E-state index in [9.17, 15) is 19.8 Å². The highest BCUT2D eigenvalue weighted by Gasteiger charge is 2.22. The van der Waals surface area contributed by atoms with Gasteiger partial charge in [0.25, 0.3) is 5.91 Å². The third-order valence-corrected chi connectivity index (χ3v) is 7.16. The molecule has 0 spiro atoms. The Morgan fingerprint density at radius 2 is 1.78 bits per heavy atom. The Hall–Kier alpha value is -2.91. The van der Waals surface area contributed by atoms with Crippen LogP contribution in [0.1, 0.15) is 52.5 Å². The Morgan fingerprint density at radius 1 is 1.11 bits per heavy atom. The number of aliphatic carboxylic acids is 1. The third kappa shape index (κ3) is 5.57. The van der Waals surface area contributed by atoms with Crippen LogP contribution in [-0.4, -0.2) is 64.5 Å². The molecule has 1 aliphatic rings. The summed E-state index contributed by atoms with van der Waals surface area (Å²) in [6.45, 7) is 5.47. The minimum Gasteiger partial charge on any atom is -0.481 e. The molecule has 1 saturated heterocycles. The number of carbonyl (C=O) groups is 2. The van der Waals surface area contributed by atoms with Gasteiger partial charge in [0.05, 0.1) is 42.3 Å². The molecule has 1 amide bonds. The van der Waals surface area contributed by atoms with Crippen LogP contribution >= 0.6 is 11.6 Å². The van der Waals surface area contributed by atoms with Gasteiger partial charge in [-0.3, -0.25) is 14.5 Å². The number of hydrogen-bond acceptors (Lipinski definition) is 5. The van der Waals surface area contributed by atoms with E-state index in [0.717, 1.165) is 49.3 Å². The second kappa shape index (κ2) is 11.4. The lowest BCUT2D eigenvalue weighted by Crippen LogP contribution is -2.35. The van der Waals surface area contributed by atoms with Gasteiger partial charge in [0.2, 0.25) is 0 Å². The zero-order valence-electron chi connectivity index (χ0n) is 20.5. The summed E-state index contributed by atoms with van der Waals surface area (Å²) in [5, 5.41) is 23.6. The maximum atomic E-state index is 13.2. The summed E-state index contributed by atoms with van der Waals surface area (Å²) in [4.78, 5) is 27.0. The first-order valence-electron chi connectivity index (χ1n) is 12.1. The number of nitrogens with zero attached hydrogens (tertiary/aromatic N) is 2. The average molecular weight is 514 g/mol. The monoisotopic (exact) mass is 513 g/mol. The van der Waals surface area contributed by atoms with Gasteiger partial charge in [-0.1, -0.05) is 42.8 Å². The largest absolute Gasteiger partial charge is 0.481 e. The highest BCUT2D eigenvalue weighted by atomic mass is 35.5. The topological polar surface area (TPSA) is 104 Å². The molecule has 3 N–H and O–H groups in total. The predicted octanol–water partition coefficient (Wildman–Crippen LogP) is 3.71. The van der Waals surface area contributed by atoms with E-state index in [1.54, 1.807) is 30.3 Å². The van der Waals surface area contributed by atoms with Gasteiger partial charge in [0.15, 0.2) is 0 Å². The van der Waals surface area contributed by atoms with E-state index in [0.29, 0.717) is 28.3 Å². The minimum absolute atomic E-state index is 0.296. The molecular weight excluding hydrogens is 482 g/mol. The van der Waals surface area contributed by atoms with Crippen LogP contribution in [0.15, 0.2) is 42.5 Å². The second-order valence-corrected chi connectivity index (χ2v) is 9.57. The van der Waals surface area contributed by atoms with Crippen LogP contribution in [0.25, 0.3) is 10.9 Å². The van der Waals surface area contributed by atoms with Crippen molar-refractivity contribution in [2.45, 2.75) is 31.8 Å². The molecule has 2 atom stereocenters. The van der Waals surface area contributed by atoms with E-state index in [2.05, 4.69) is 16.3 Å². The fourth-order valence-electron chi connectivity index (χ4n) is 4.75. The molecule has 36 heavy (non-hydrogen) atoms. The smallest absolute Gasteiger partial charge is 0.310 e. The molecule has 1 aromatic heterocycles. The number of benzene rings is 2. The number of halogens is 1. The predicted molar refractivity (Wildman–Crippen MR) is 138 cm³/mol. The Morgan fingerprint density at radius 3 is 2.39 bits per heavy atom. The van der Waals surface area contributed by atoms with Crippen LogP contribution in [0.2, 0.25) is 5.02 Å². The number of amides is 1. The number of nitrogens with one attached hydrogen (secondary N) is 1. The van der Waals surface area contributed by atoms with Crippen molar-refractivity contribution in [2.75, 3.05) is 32.9 Å². The Labute approximate surface area is 215 Å². The summed E-state index contributed by atoms with van der Waals surface area (Å²) >= 11 is 6.60. The number of rotatable bonds is 9. The Kier molecular flexibility index (Phi) is 8.31. The summed E-state index contributed by atoms with van der Waals surface area (Å²) < 4.78 is 7.24. The number of hydrogen-bond donors (Lipinski definition) is 3. The lowest BCUT2D eigenvalue weighted by atomic mass is 9.94. The lowest BCUT2D eigenvalue weighted by Gasteiger charge is -2.26. The van der Waals surface area contributed by atoms with Crippen molar-refractivity contribution in [2.24, 2.45) is 7.05 Å². The number of ether oxygens (including phenoxy) is 1. The van der Waals surface area contributed by atoms with Crippen LogP contribution in [-0.2, 0) is 23.1 Å². The van der Waals surface area contributed by atoms with Crippen LogP contribution in [0.4, 0.5) is 0 Å². The summed E-state index contributed by atoms with van der Waals surface area (Å²) in [7, 11) is 1.83. The summed E-state index contributed by atoms with van der Waals surface area (Å²) in [6, 6.07) is 12.1. The van der Waals surface area contributed by atoms with Gasteiger partial charge in [-0.2, -0.15) is 0 Å². The Balaban J connectivity index is 1.53. The van der Waals surface area contributed by atoms with E-state index < -0.39 is 17.9 Å². The molecular formula is C27H32ClN3O5.